The molecule has 2 aliphatic rings. The Hall–Kier alpha value is -3.77. The van der Waals surface area contributed by atoms with Crippen LogP contribution >= 0.6 is 0 Å². The molecule has 9 nitrogen and oxygen atoms in total. The Morgan fingerprint density at radius 1 is 1.11 bits per heavy atom. The van der Waals surface area contributed by atoms with E-state index in [4.69, 9.17) is 14.6 Å². The largest absolute Gasteiger partial charge is 0.493 e. The average Bonchev–Trinajstić information content (AvgIpc) is 3.02. The van der Waals surface area contributed by atoms with Crippen molar-refractivity contribution < 1.29 is 14.3 Å². The van der Waals surface area contributed by atoms with Gasteiger partial charge in [0.1, 0.15) is 6.07 Å². The van der Waals surface area contributed by atoms with E-state index < -0.39 is 0 Å². The van der Waals surface area contributed by atoms with Crippen molar-refractivity contribution in [1.82, 2.24) is 15.2 Å². The normalized spacial score (nSPS) is 18.2. The van der Waals surface area contributed by atoms with Gasteiger partial charge in [0.05, 0.1) is 37.2 Å². The number of hydrogen-bond acceptors (Lipinski definition) is 7. The highest BCUT2D eigenvalue weighted by atomic mass is 16.5. The minimum atomic E-state index is -0.295. The number of methoxy groups -OCH3 is 2. The van der Waals surface area contributed by atoms with Crippen LogP contribution in [0.1, 0.15) is 29.2 Å². The molecular weight excluding hydrogens is 444 g/mol. The Labute approximate surface area is 206 Å². The number of nitrogens with one attached hydrogen (secondary N) is 1. The Bertz CT molecular complexity index is 1180. The Morgan fingerprint density at radius 3 is 2.43 bits per heavy atom. The zero-order valence-electron chi connectivity index (χ0n) is 21.0. The van der Waals surface area contributed by atoms with E-state index in [1.54, 1.807) is 21.3 Å². The van der Waals surface area contributed by atoms with Crippen LogP contribution in [-0.4, -0.2) is 82.2 Å². The summed E-state index contributed by atoms with van der Waals surface area (Å²) in [7, 11) is 6.89. The highest BCUT2D eigenvalue weighted by Crippen LogP contribution is 2.35. The first-order valence-corrected chi connectivity index (χ1v) is 11.7. The molecule has 4 rings (SSSR count). The highest BCUT2D eigenvalue weighted by Gasteiger charge is 2.29. The molecule has 1 unspecified atom stereocenters. The zero-order valence-corrected chi connectivity index (χ0v) is 21.0. The van der Waals surface area contributed by atoms with Crippen LogP contribution in [0.2, 0.25) is 0 Å². The van der Waals surface area contributed by atoms with Crippen LogP contribution in [-0.2, 0) is 6.42 Å². The van der Waals surface area contributed by atoms with E-state index in [-0.39, 0.29) is 12.1 Å². The predicted octanol–water partition coefficient (Wildman–Crippen LogP) is 2.67. The maximum Gasteiger partial charge on any atom is 0.337 e. The number of amides is 2. The molecule has 0 aromatic heterocycles. The fourth-order valence-corrected chi connectivity index (χ4v) is 4.64. The Balaban J connectivity index is 1.86. The molecule has 9 heteroatoms. The molecule has 2 amide bonds. The van der Waals surface area contributed by atoms with Crippen molar-refractivity contribution in [2.45, 2.75) is 19.4 Å². The van der Waals surface area contributed by atoms with Gasteiger partial charge in [-0.3, -0.25) is 0 Å². The topological polar surface area (TPSA) is 93.4 Å². The number of rotatable bonds is 4. The Morgan fingerprint density at radius 2 is 1.80 bits per heavy atom. The van der Waals surface area contributed by atoms with Gasteiger partial charge in [0.25, 0.3) is 0 Å². The van der Waals surface area contributed by atoms with Gasteiger partial charge in [0.15, 0.2) is 11.5 Å². The minimum Gasteiger partial charge on any atom is -0.493 e. The third-order valence-corrected chi connectivity index (χ3v) is 6.66. The number of carbonyl (C=O) groups is 1. The smallest absolute Gasteiger partial charge is 0.337 e. The molecule has 1 atom stereocenters. The van der Waals surface area contributed by atoms with Gasteiger partial charge in [-0.05, 0) is 50.2 Å². The molecule has 1 N–H and O–H groups in total. The lowest BCUT2D eigenvalue weighted by molar-refractivity contribution is 0.184. The molecule has 0 bridgehead atoms. The first-order chi connectivity index (χ1) is 16.9. The van der Waals surface area contributed by atoms with Crippen LogP contribution in [0, 0.1) is 11.3 Å². The van der Waals surface area contributed by atoms with Crippen LogP contribution in [0.25, 0.3) is 0 Å². The van der Waals surface area contributed by atoms with Gasteiger partial charge < -0.3 is 24.6 Å². The number of likely N-dealkylation sites (N-methyl/N-ethyl adjacent to an activating group) is 1. The van der Waals surface area contributed by atoms with E-state index >= 15 is 0 Å². The van der Waals surface area contributed by atoms with Crippen molar-refractivity contribution in [3.05, 3.63) is 52.6 Å². The standard InChI is InChI=1S/C26H32N6O3/c1-17-12-19-14-23(34-4)24(35-5)15-21(19)25(29-32(17)26(33)28-2)18-6-7-22(20(13-18)16-27)31-10-8-30(3)9-11-31/h6-7,13-15,17H,8-12H2,1-5H3,(H,28,33). The molecule has 0 radical (unpaired) electrons. The molecule has 2 aromatic carbocycles. The maximum atomic E-state index is 12.7. The molecular formula is C26H32N6O3. The number of ether oxygens (including phenoxy) is 2. The summed E-state index contributed by atoms with van der Waals surface area (Å²) in [5.41, 5.74) is 4.70. The molecule has 0 aliphatic carbocycles. The fraction of sp³-hybridized carbons (Fsp3) is 0.423. The molecule has 184 valence electrons. The first kappa shape index (κ1) is 24.4. The van der Waals surface area contributed by atoms with Crippen molar-refractivity contribution in [2.75, 3.05) is 59.4 Å². The van der Waals surface area contributed by atoms with Crippen molar-refractivity contribution in [2.24, 2.45) is 5.10 Å². The van der Waals surface area contributed by atoms with Crippen LogP contribution < -0.4 is 19.7 Å². The number of fused-ring (bicyclic) bond motifs is 1. The lowest BCUT2D eigenvalue weighted by Crippen LogP contribution is -2.44. The van der Waals surface area contributed by atoms with Gasteiger partial charge in [-0.15, -0.1) is 0 Å². The van der Waals surface area contributed by atoms with E-state index in [1.165, 1.54) is 5.01 Å². The van der Waals surface area contributed by atoms with Gasteiger partial charge in [-0.2, -0.15) is 10.4 Å². The van der Waals surface area contributed by atoms with Gasteiger partial charge in [0, 0.05) is 44.4 Å². The van der Waals surface area contributed by atoms with E-state index in [0.717, 1.165) is 48.6 Å². The lowest BCUT2D eigenvalue weighted by Gasteiger charge is -2.34. The summed E-state index contributed by atoms with van der Waals surface area (Å²) in [5, 5.41) is 19.0. The summed E-state index contributed by atoms with van der Waals surface area (Å²) in [4.78, 5) is 17.2. The average molecular weight is 477 g/mol. The summed E-state index contributed by atoms with van der Waals surface area (Å²) in [6.45, 7) is 5.60. The summed E-state index contributed by atoms with van der Waals surface area (Å²) >= 11 is 0. The van der Waals surface area contributed by atoms with Gasteiger partial charge in [-0.1, -0.05) is 6.07 Å². The molecule has 35 heavy (non-hydrogen) atoms. The second kappa shape index (κ2) is 10.2. The zero-order chi connectivity index (χ0) is 25.1. The number of anilines is 1. The van der Waals surface area contributed by atoms with Gasteiger partial charge >= 0.3 is 6.03 Å². The third-order valence-electron chi connectivity index (χ3n) is 6.66. The molecule has 1 saturated heterocycles. The number of urea groups is 1. The van der Waals surface area contributed by atoms with Crippen LogP contribution in [0.15, 0.2) is 35.4 Å². The molecule has 1 fully saturated rings. The highest BCUT2D eigenvalue weighted by molar-refractivity contribution is 6.15. The van der Waals surface area contributed by atoms with E-state index in [1.807, 2.05) is 37.3 Å². The lowest BCUT2D eigenvalue weighted by atomic mass is 9.93. The fourth-order valence-electron chi connectivity index (χ4n) is 4.64. The monoisotopic (exact) mass is 476 g/mol. The molecule has 0 saturated carbocycles. The number of nitriles is 1. The van der Waals surface area contributed by atoms with Crippen molar-refractivity contribution >= 4 is 17.4 Å². The quantitative estimate of drug-likeness (QED) is 0.729. The van der Waals surface area contributed by atoms with Crippen LogP contribution in [0.5, 0.6) is 11.5 Å². The summed E-state index contributed by atoms with van der Waals surface area (Å²) < 4.78 is 11.1. The SMILES string of the molecule is CNC(=O)N1N=C(c2ccc(N3CCN(C)CC3)c(C#N)c2)c2cc(OC)c(OC)cc2CC1C. The van der Waals surface area contributed by atoms with Crippen LogP contribution in [0.4, 0.5) is 10.5 Å². The number of nitrogens with zero attached hydrogens (tertiary/aromatic N) is 5. The van der Waals surface area contributed by atoms with Crippen LogP contribution in [0.3, 0.4) is 0 Å². The predicted molar refractivity (Wildman–Crippen MR) is 136 cm³/mol. The van der Waals surface area contributed by atoms with E-state index in [2.05, 4.69) is 28.2 Å². The van der Waals surface area contributed by atoms with Gasteiger partial charge in [-0.25, -0.2) is 9.80 Å². The molecule has 2 heterocycles. The Kier molecular flexibility index (Phi) is 7.12. The molecule has 2 aliphatic heterocycles. The second-order valence-electron chi connectivity index (χ2n) is 8.90. The number of carbonyl (C=O) groups excluding carboxylic acids is 1. The summed E-state index contributed by atoms with van der Waals surface area (Å²) in [6, 6.07) is 11.6. The number of piperazine rings is 1. The first-order valence-electron chi connectivity index (χ1n) is 11.7. The summed E-state index contributed by atoms with van der Waals surface area (Å²) in [5.74, 6) is 1.20. The van der Waals surface area contributed by atoms with Gasteiger partial charge in [0.2, 0.25) is 0 Å². The minimum absolute atomic E-state index is 0.190. The number of hydrazone groups is 1. The third kappa shape index (κ3) is 4.75. The van der Waals surface area contributed by atoms with E-state index in [0.29, 0.717) is 29.2 Å². The van der Waals surface area contributed by atoms with Crippen molar-refractivity contribution in [3.8, 4) is 17.6 Å². The number of hydrogen-bond donors (Lipinski definition) is 1. The molecule has 0 spiro atoms. The van der Waals surface area contributed by atoms with E-state index in [9.17, 15) is 10.1 Å². The summed E-state index contributed by atoms with van der Waals surface area (Å²) in [6.07, 6.45) is 0.584. The second-order valence-corrected chi connectivity index (χ2v) is 8.90. The number of benzene rings is 2. The van der Waals surface area contributed by atoms with Crippen molar-refractivity contribution in [1.29, 1.82) is 5.26 Å². The van der Waals surface area contributed by atoms with Crippen molar-refractivity contribution in [3.63, 3.8) is 0 Å². The maximum absolute atomic E-state index is 12.7. The molecule has 2 aromatic rings.